The normalized spacial score (nSPS) is 19.2. The average molecular weight is 603 g/mol. The molecule has 0 amide bonds. The molecule has 2 atom stereocenters. The van der Waals surface area contributed by atoms with Crippen LogP contribution < -0.4 is 19.8 Å². The van der Waals surface area contributed by atoms with E-state index in [1.54, 1.807) is 18.3 Å². The van der Waals surface area contributed by atoms with Crippen LogP contribution in [0.2, 0.25) is 0 Å². The van der Waals surface area contributed by atoms with Crippen LogP contribution in [0.3, 0.4) is 0 Å². The fourth-order valence-corrected chi connectivity index (χ4v) is 6.88. The molecule has 0 aliphatic carbocycles. The third-order valence-electron chi connectivity index (χ3n) is 7.82. The Kier molecular flexibility index (Phi) is 7.65. The van der Waals surface area contributed by atoms with Crippen LogP contribution in [0.4, 0.5) is 17.1 Å². The van der Waals surface area contributed by atoms with E-state index in [9.17, 15) is 8.42 Å². The maximum Gasteiger partial charge on any atom is 0.229 e. The minimum absolute atomic E-state index is 0.186. The maximum atomic E-state index is 11.7. The van der Waals surface area contributed by atoms with Gasteiger partial charge in [0, 0.05) is 53.4 Å². The number of ether oxygens (including phenoxy) is 1. The summed E-state index contributed by atoms with van der Waals surface area (Å²) in [6.07, 6.45) is 2.94. The molecule has 4 heterocycles. The molecule has 0 bridgehead atoms. The van der Waals surface area contributed by atoms with Crippen LogP contribution in [0.1, 0.15) is 34.7 Å². The largest absolute Gasteiger partial charge is 0.378 e. The first-order valence-electron chi connectivity index (χ1n) is 13.9. The standard InChI is InChI=1S/C31H34N6O3S2/c1-21-20-27(22(2)36(21)25-13-11-24(12-14-25)35-16-18-40-19-17-35)30-29(28-6-4-5-15-32-28)33-31(41)37(30)26-9-7-23(8-10-26)34-42(3,38)39/h4-15,20,29-30,34H,16-19H2,1-3H3,(H,33,41). The van der Waals surface area contributed by atoms with Gasteiger partial charge in [0.25, 0.3) is 0 Å². The molecule has 4 aromatic rings. The molecule has 6 rings (SSSR count). The summed E-state index contributed by atoms with van der Waals surface area (Å²) in [6, 6.07) is 23.8. The minimum Gasteiger partial charge on any atom is -0.378 e. The van der Waals surface area contributed by atoms with Crippen molar-refractivity contribution in [3.63, 3.8) is 0 Å². The molecule has 2 saturated heterocycles. The van der Waals surface area contributed by atoms with E-state index in [0.29, 0.717) is 10.8 Å². The van der Waals surface area contributed by atoms with Gasteiger partial charge in [-0.1, -0.05) is 6.07 Å². The molecule has 2 fully saturated rings. The number of rotatable bonds is 7. The Morgan fingerprint density at radius 3 is 2.26 bits per heavy atom. The molecule has 42 heavy (non-hydrogen) atoms. The number of aromatic nitrogens is 2. The molecule has 218 valence electrons. The molecule has 0 radical (unpaired) electrons. The van der Waals surface area contributed by atoms with E-state index in [1.807, 2.05) is 30.3 Å². The summed E-state index contributed by atoms with van der Waals surface area (Å²) in [6.45, 7) is 7.57. The number of morpholine rings is 1. The second-order valence-electron chi connectivity index (χ2n) is 10.7. The zero-order valence-electron chi connectivity index (χ0n) is 23.8. The van der Waals surface area contributed by atoms with Gasteiger partial charge in [-0.25, -0.2) is 8.42 Å². The number of hydrogen-bond donors (Lipinski definition) is 2. The zero-order valence-corrected chi connectivity index (χ0v) is 25.5. The fourth-order valence-electron chi connectivity index (χ4n) is 5.97. The van der Waals surface area contributed by atoms with Gasteiger partial charge in [0.1, 0.15) is 0 Å². The lowest BCUT2D eigenvalue weighted by Crippen LogP contribution is -2.36. The summed E-state index contributed by atoms with van der Waals surface area (Å²) >= 11 is 5.91. The summed E-state index contributed by atoms with van der Waals surface area (Å²) in [5, 5.41) is 4.10. The molecule has 2 unspecified atom stereocenters. The Labute approximate surface area is 252 Å². The predicted molar refractivity (Wildman–Crippen MR) is 171 cm³/mol. The maximum absolute atomic E-state index is 11.7. The lowest BCUT2D eigenvalue weighted by molar-refractivity contribution is 0.122. The molecular formula is C31H34N6O3S2. The topological polar surface area (TPSA) is 91.7 Å². The van der Waals surface area contributed by atoms with Crippen molar-refractivity contribution in [2.45, 2.75) is 25.9 Å². The van der Waals surface area contributed by atoms with Gasteiger partial charge in [0.05, 0.1) is 37.2 Å². The fraction of sp³-hybridized carbons (Fsp3) is 0.290. The average Bonchev–Trinajstić information content (AvgIpc) is 3.48. The van der Waals surface area contributed by atoms with E-state index in [2.05, 4.69) is 73.6 Å². The smallest absolute Gasteiger partial charge is 0.229 e. The number of anilines is 3. The third kappa shape index (κ3) is 5.59. The number of pyridine rings is 1. The number of benzene rings is 2. The lowest BCUT2D eigenvalue weighted by atomic mass is 9.96. The van der Waals surface area contributed by atoms with Crippen molar-refractivity contribution in [3.8, 4) is 5.69 Å². The van der Waals surface area contributed by atoms with Crippen molar-refractivity contribution in [3.05, 3.63) is 102 Å². The Balaban J connectivity index is 1.39. The van der Waals surface area contributed by atoms with Gasteiger partial charge in [0.2, 0.25) is 10.0 Å². The number of hydrogen-bond acceptors (Lipinski definition) is 6. The third-order valence-corrected chi connectivity index (χ3v) is 8.74. The van der Waals surface area contributed by atoms with Gasteiger partial charge >= 0.3 is 0 Å². The molecule has 2 aromatic heterocycles. The summed E-state index contributed by atoms with van der Waals surface area (Å²) in [7, 11) is -3.38. The Morgan fingerprint density at radius 1 is 0.952 bits per heavy atom. The van der Waals surface area contributed by atoms with Crippen LogP contribution in [-0.4, -0.2) is 55.6 Å². The first-order chi connectivity index (χ1) is 20.2. The van der Waals surface area contributed by atoms with Gasteiger partial charge in [-0.3, -0.25) is 9.71 Å². The molecule has 9 nitrogen and oxygen atoms in total. The van der Waals surface area contributed by atoms with E-state index in [1.165, 1.54) is 5.69 Å². The van der Waals surface area contributed by atoms with Gasteiger partial charge in [-0.15, -0.1) is 0 Å². The van der Waals surface area contributed by atoms with E-state index < -0.39 is 10.0 Å². The minimum atomic E-state index is -3.38. The van der Waals surface area contributed by atoms with Crippen molar-refractivity contribution in [1.29, 1.82) is 0 Å². The first-order valence-corrected chi connectivity index (χ1v) is 16.2. The van der Waals surface area contributed by atoms with E-state index in [0.717, 1.165) is 66.6 Å². The van der Waals surface area contributed by atoms with Crippen molar-refractivity contribution < 1.29 is 13.2 Å². The van der Waals surface area contributed by atoms with E-state index in [-0.39, 0.29) is 12.1 Å². The molecule has 2 aliphatic rings. The number of aryl methyl sites for hydroxylation is 1. The molecule has 2 aromatic carbocycles. The highest BCUT2D eigenvalue weighted by Gasteiger charge is 2.42. The van der Waals surface area contributed by atoms with E-state index in [4.69, 9.17) is 17.0 Å². The quantitative estimate of drug-likeness (QED) is 0.290. The first kappa shape index (κ1) is 28.2. The summed E-state index contributed by atoms with van der Waals surface area (Å²) in [5.41, 5.74) is 7.90. The number of nitrogens with one attached hydrogen (secondary N) is 2. The Hall–Kier alpha value is -3.93. The molecular weight excluding hydrogens is 569 g/mol. The number of sulfonamides is 1. The van der Waals surface area contributed by atoms with Gasteiger partial charge in [0.15, 0.2) is 5.11 Å². The predicted octanol–water partition coefficient (Wildman–Crippen LogP) is 4.87. The van der Waals surface area contributed by atoms with Crippen molar-refractivity contribution in [2.24, 2.45) is 0 Å². The summed E-state index contributed by atoms with van der Waals surface area (Å²) < 4.78 is 33.8. The van der Waals surface area contributed by atoms with Gasteiger partial charge in [-0.2, -0.15) is 0 Å². The molecule has 11 heteroatoms. The second kappa shape index (κ2) is 11.4. The molecule has 0 spiro atoms. The van der Waals surface area contributed by atoms with Crippen LogP contribution in [0, 0.1) is 13.8 Å². The second-order valence-corrected chi connectivity index (χ2v) is 12.8. The summed E-state index contributed by atoms with van der Waals surface area (Å²) in [5.74, 6) is 0. The van der Waals surface area contributed by atoms with Gasteiger partial charge < -0.3 is 24.4 Å². The highest BCUT2D eigenvalue weighted by Crippen LogP contribution is 2.44. The molecule has 0 saturated carbocycles. The van der Waals surface area contributed by atoms with Crippen molar-refractivity contribution in [1.82, 2.24) is 14.9 Å². The van der Waals surface area contributed by atoms with E-state index >= 15 is 0 Å². The van der Waals surface area contributed by atoms with Crippen LogP contribution in [0.25, 0.3) is 5.69 Å². The number of thiocarbonyl (C=S) groups is 1. The number of nitrogens with zero attached hydrogens (tertiary/aromatic N) is 4. The van der Waals surface area contributed by atoms with Gasteiger partial charge in [-0.05, 0) is 98.4 Å². The van der Waals surface area contributed by atoms with Crippen LogP contribution in [0.15, 0.2) is 79.0 Å². The Bertz CT molecular complexity index is 1680. The Morgan fingerprint density at radius 2 is 1.62 bits per heavy atom. The zero-order chi connectivity index (χ0) is 29.4. The van der Waals surface area contributed by atoms with Crippen LogP contribution >= 0.6 is 12.2 Å². The highest BCUT2D eigenvalue weighted by atomic mass is 32.2. The van der Waals surface area contributed by atoms with Crippen molar-refractivity contribution >= 4 is 44.4 Å². The summed E-state index contributed by atoms with van der Waals surface area (Å²) in [4.78, 5) is 9.13. The lowest BCUT2D eigenvalue weighted by Gasteiger charge is -2.29. The highest BCUT2D eigenvalue weighted by molar-refractivity contribution is 7.92. The molecule has 2 aliphatic heterocycles. The molecule has 2 N–H and O–H groups in total. The van der Waals surface area contributed by atoms with Crippen molar-refractivity contribution in [2.75, 3.05) is 47.1 Å². The monoisotopic (exact) mass is 602 g/mol. The van der Waals surface area contributed by atoms with Crippen LogP contribution in [-0.2, 0) is 14.8 Å². The SMILES string of the molecule is Cc1cc(C2C(c3ccccn3)NC(=S)N2c2ccc(NS(C)(=O)=O)cc2)c(C)n1-c1ccc(N2CCOCC2)cc1. The van der Waals surface area contributed by atoms with Crippen LogP contribution in [0.5, 0.6) is 0 Å².